The Kier molecular flexibility index (Phi) is 18.3. The predicted octanol–water partition coefficient (Wildman–Crippen LogP) is 15.6. The maximum absolute atomic E-state index is 14.6. The Balaban J connectivity index is 0.946. The van der Waals surface area contributed by atoms with Gasteiger partial charge in [-0.2, -0.15) is 0 Å². The highest BCUT2D eigenvalue weighted by Gasteiger charge is 2.71. The molecule has 10 nitrogen and oxygen atoms in total. The van der Waals surface area contributed by atoms with Crippen molar-refractivity contribution < 1.29 is 47.5 Å². The van der Waals surface area contributed by atoms with Gasteiger partial charge in [0.05, 0.1) is 56.3 Å². The van der Waals surface area contributed by atoms with Crippen molar-refractivity contribution in [3.8, 4) is 0 Å². The Morgan fingerprint density at radius 1 is 0.612 bits per heavy atom. The number of carbonyl (C=O) groups excluding carboxylic acids is 2. The second kappa shape index (κ2) is 24.7. The lowest BCUT2D eigenvalue weighted by Crippen LogP contribution is -2.67. The van der Waals surface area contributed by atoms with Crippen LogP contribution in [0.1, 0.15) is 171 Å². The molecule has 10 heteroatoms. The SMILES string of the molecule is CC(=O)[C@]12CCC(C)(C)CC1C1=CCC3C4(C)CC[C@H](O[C@@H]5OC(Cc6ccccc6)[C@@H](C)[C@H](O[C@@H]6OC[C@@H](C)[C@H](C)C6C)C5O[C@@H]5OC(COCc6ccccc6)[C@H](C)[C@H](C)C5OCc5ccccc5)[C@](C)(C=O)[C@@H]4CCC3(C)[C@]1(C)CC2C. The molecule has 0 spiro atoms. The van der Waals surface area contributed by atoms with Gasteiger partial charge in [-0.25, -0.2) is 0 Å². The standard InChI is InChI=1S/C75H106O10/c1-46-41-80-67(51(6)48(46)3)84-64-52(7)59(38-54-24-18-15-19-25-54)81-69(66(64)85-68-65(79-43-56-28-22-17-23-29-56)50(5)49(4)60(82-68)44-78-42-55-26-20-16-21-27-55)83-63-33-34-71(11)61(72(63,12)45-76)32-35-73(13)62(71)31-30-57-58-40-70(9,10)36-37-75(58,53(8)77)47(2)39-74(57,73)14/h15-30,45-52,58-69H,31-44H2,1-14H3/t46-,47?,48+,49-,50+,51?,52-,58?,59?,60?,61-,62?,63+,64+,65?,66?,67+,68+,69+,71?,72-,73?,74-,75-/m1/s1. The Labute approximate surface area is 511 Å². The van der Waals surface area contributed by atoms with Crippen LogP contribution in [0.2, 0.25) is 0 Å². The molecule has 466 valence electrons. The highest BCUT2D eigenvalue weighted by molar-refractivity contribution is 5.84. The third kappa shape index (κ3) is 11.4. The van der Waals surface area contributed by atoms with E-state index in [2.05, 4.69) is 151 Å². The molecular weight excluding hydrogens is 1060 g/mol. The van der Waals surface area contributed by atoms with E-state index in [9.17, 15) is 9.59 Å². The number of ether oxygens (including phenoxy) is 8. The van der Waals surface area contributed by atoms with E-state index in [1.54, 1.807) is 5.57 Å². The molecule has 3 saturated heterocycles. The second-order valence-corrected chi connectivity index (χ2v) is 30.8. The topological polar surface area (TPSA) is 108 Å². The van der Waals surface area contributed by atoms with Gasteiger partial charge >= 0.3 is 0 Å². The number of hydrogen-bond donors (Lipinski definition) is 0. The zero-order chi connectivity index (χ0) is 60.4. The first-order valence-electron chi connectivity index (χ1n) is 33.4. The highest BCUT2D eigenvalue weighted by atomic mass is 16.8. The summed E-state index contributed by atoms with van der Waals surface area (Å²) in [5, 5.41) is 0. The van der Waals surface area contributed by atoms with Crippen LogP contribution in [0.25, 0.3) is 0 Å². The fourth-order valence-corrected chi connectivity index (χ4v) is 19.5. The summed E-state index contributed by atoms with van der Waals surface area (Å²) in [6.45, 7) is 34.5. The molecule has 0 radical (unpaired) electrons. The van der Waals surface area contributed by atoms with Gasteiger partial charge in [0.15, 0.2) is 18.9 Å². The number of carbonyl (C=O) groups is 2. The minimum atomic E-state index is -0.947. The number of ketones is 1. The fourth-order valence-electron chi connectivity index (χ4n) is 19.5. The van der Waals surface area contributed by atoms with E-state index in [0.29, 0.717) is 68.7 Å². The van der Waals surface area contributed by atoms with Gasteiger partial charge in [-0.3, -0.25) is 4.79 Å². The molecule has 10 unspecified atom stereocenters. The minimum Gasteiger partial charge on any atom is -0.374 e. The first kappa shape index (κ1) is 63.0. The number of fused-ring (bicyclic) bond motifs is 7. The van der Waals surface area contributed by atoms with Crippen LogP contribution in [0.5, 0.6) is 0 Å². The third-order valence-electron chi connectivity index (χ3n) is 25.7. The molecule has 8 aliphatic rings. The number of benzene rings is 3. The summed E-state index contributed by atoms with van der Waals surface area (Å²) in [5.74, 6) is 2.10. The molecule has 3 aromatic rings. The lowest BCUT2D eigenvalue weighted by Gasteiger charge is -2.72. The molecule has 5 aliphatic carbocycles. The molecule has 7 fully saturated rings. The predicted molar refractivity (Wildman–Crippen MR) is 333 cm³/mol. The van der Waals surface area contributed by atoms with Crippen LogP contribution in [0.3, 0.4) is 0 Å². The molecule has 0 aromatic heterocycles. The first-order chi connectivity index (χ1) is 40.5. The minimum absolute atomic E-state index is 0.00525. The van der Waals surface area contributed by atoms with E-state index in [-0.39, 0.29) is 74.8 Å². The van der Waals surface area contributed by atoms with Crippen LogP contribution >= 0.6 is 0 Å². The van der Waals surface area contributed by atoms with Crippen LogP contribution < -0.4 is 0 Å². The molecule has 3 heterocycles. The second-order valence-electron chi connectivity index (χ2n) is 30.8. The van der Waals surface area contributed by atoms with Crippen molar-refractivity contribution in [3.63, 3.8) is 0 Å². The van der Waals surface area contributed by atoms with Crippen molar-refractivity contribution in [1.29, 1.82) is 0 Å². The Bertz CT molecular complexity index is 2790. The number of rotatable bonds is 17. The Morgan fingerprint density at radius 2 is 1.24 bits per heavy atom. The fraction of sp³-hybridized carbons (Fsp3) is 0.707. The van der Waals surface area contributed by atoms with Crippen LogP contribution in [0.15, 0.2) is 103 Å². The van der Waals surface area contributed by atoms with E-state index >= 15 is 0 Å². The Hall–Kier alpha value is -3.58. The van der Waals surface area contributed by atoms with Crippen molar-refractivity contribution in [2.75, 3.05) is 13.2 Å². The smallest absolute Gasteiger partial charge is 0.187 e. The van der Waals surface area contributed by atoms with Crippen LogP contribution in [-0.4, -0.2) is 80.8 Å². The summed E-state index contributed by atoms with van der Waals surface area (Å²) in [6, 6.07) is 31.2. The number of Topliss-reactive ketones (excluding diaryl/α,β-unsaturated/α-hetero) is 1. The lowest BCUT2D eigenvalue weighted by molar-refractivity contribution is -0.384. The first-order valence-corrected chi connectivity index (χ1v) is 33.4. The van der Waals surface area contributed by atoms with Gasteiger partial charge in [0.25, 0.3) is 0 Å². The Morgan fingerprint density at radius 3 is 1.89 bits per heavy atom. The molecule has 11 rings (SSSR count). The van der Waals surface area contributed by atoms with Gasteiger partial charge in [0, 0.05) is 17.3 Å². The van der Waals surface area contributed by atoms with Crippen molar-refractivity contribution in [2.24, 2.45) is 91.7 Å². The lowest BCUT2D eigenvalue weighted by atomic mass is 9.32. The third-order valence-corrected chi connectivity index (χ3v) is 25.7. The molecule has 3 aliphatic heterocycles. The molecule has 24 atom stereocenters. The average molecular weight is 1170 g/mol. The molecule has 4 saturated carbocycles. The van der Waals surface area contributed by atoms with Gasteiger partial charge in [-0.1, -0.05) is 193 Å². The molecule has 0 N–H and O–H groups in total. The average Bonchev–Trinajstić information content (AvgIpc) is 0.802. The largest absolute Gasteiger partial charge is 0.374 e. The monoisotopic (exact) mass is 1170 g/mol. The van der Waals surface area contributed by atoms with Crippen molar-refractivity contribution in [3.05, 3.63) is 119 Å². The maximum atomic E-state index is 14.6. The summed E-state index contributed by atoms with van der Waals surface area (Å²) in [4.78, 5) is 28.7. The summed E-state index contributed by atoms with van der Waals surface area (Å²) in [6.07, 6.45) is 7.97. The molecule has 3 aromatic carbocycles. The summed E-state index contributed by atoms with van der Waals surface area (Å²) < 4.78 is 58.0. The normalized spacial score (nSPS) is 45.0. The van der Waals surface area contributed by atoms with E-state index in [1.165, 1.54) is 6.29 Å². The zero-order valence-electron chi connectivity index (χ0n) is 54.3. The van der Waals surface area contributed by atoms with Gasteiger partial charge in [-0.05, 0) is 157 Å². The number of allylic oxidation sites excluding steroid dienone is 2. The van der Waals surface area contributed by atoms with Crippen molar-refractivity contribution in [1.82, 2.24) is 0 Å². The number of aldehydes is 1. The van der Waals surface area contributed by atoms with Gasteiger partial charge < -0.3 is 42.7 Å². The molecular formula is C75H106O10. The highest BCUT2D eigenvalue weighted by Crippen LogP contribution is 2.77. The van der Waals surface area contributed by atoms with Gasteiger partial charge in [-0.15, -0.1) is 0 Å². The quantitative estimate of drug-likeness (QED) is 0.0736. The summed E-state index contributed by atoms with van der Waals surface area (Å²) >= 11 is 0. The van der Waals surface area contributed by atoms with Crippen LogP contribution in [0.4, 0.5) is 0 Å². The molecule has 0 bridgehead atoms. The van der Waals surface area contributed by atoms with E-state index in [0.717, 1.165) is 68.1 Å². The molecule has 85 heavy (non-hydrogen) atoms. The summed E-state index contributed by atoms with van der Waals surface area (Å²) in [5.41, 5.74) is 3.72. The van der Waals surface area contributed by atoms with Crippen LogP contribution in [0, 0.1) is 91.7 Å². The van der Waals surface area contributed by atoms with Gasteiger partial charge in [0.2, 0.25) is 0 Å². The van der Waals surface area contributed by atoms with E-state index < -0.39 is 48.7 Å². The van der Waals surface area contributed by atoms with E-state index in [4.69, 9.17) is 37.9 Å². The van der Waals surface area contributed by atoms with Crippen LogP contribution in [-0.2, 0) is 67.1 Å². The maximum Gasteiger partial charge on any atom is 0.187 e. The summed E-state index contributed by atoms with van der Waals surface area (Å²) in [7, 11) is 0. The van der Waals surface area contributed by atoms with Crippen molar-refractivity contribution in [2.45, 2.75) is 230 Å². The zero-order valence-corrected chi connectivity index (χ0v) is 54.3. The van der Waals surface area contributed by atoms with Gasteiger partial charge in [0.1, 0.15) is 24.3 Å². The van der Waals surface area contributed by atoms with E-state index in [1.807, 2.05) is 43.3 Å². The molecule has 0 amide bonds. The van der Waals surface area contributed by atoms with Crippen molar-refractivity contribution >= 4 is 12.1 Å². The number of hydrogen-bond acceptors (Lipinski definition) is 10.